The first-order valence-corrected chi connectivity index (χ1v) is 4.38. The van der Waals surface area contributed by atoms with Crippen LogP contribution in [-0.4, -0.2) is 17.3 Å². The Bertz CT molecular complexity index is 255. The van der Waals surface area contributed by atoms with Crippen molar-refractivity contribution < 1.29 is 23.1 Å². The molecule has 1 aliphatic rings. The molecule has 1 fully saturated rings. The molecule has 1 rings (SSSR count). The van der Waals surface area contributed by atoms with E-state index in [-0.39, 0.29) is 12.8 Å². The summed E-state index contributed by atoms with van der Waals surface area (Å²) in [5.41, 5.74) is 0.395. The van der Waals surface area contributed by atoms with Crippen molar-refractivity contribution in [2.45, 2.75) is 31.9 Å². The minimum absolute atomic E-state index is 0.112. The quantitative estimate of drug-likeness (QED) is 0.673. The van der Waals surface area contributed by atoms with Crippen LogP contribution in [-0.2, 0) is 4.79 Å². The molecule has 2 nitrogen and oxygen atoms in total. The molecule has 0 heterocycles. The standard InChI is InChI=1S/C9H11F3O2/c10-9(11,12)7-3-1-2-6(4-7)5-8(13)14/h5,7H,1-4H2,(H,13,14). The summed E-state index contributed by atoms with van der Waals surface area (Å²) in [5.74, 6) is -2.52. The number of hydrogen-bond acceptors (Lipinski definition) is 1. The molecule has 1 atom stereocenters. The van der Waals surface area contributed by atoms with Gasteiger partial charge in [-0.05, 0) is 25.7 Å². The van der Waals surface area contributed by atoms with Gasteiger partial charge in [0.1, 0.15) is 0 Å². The van der Waals surface area contributed by atoms with Crippen molar-refractivity contribution in [1.82, 2.24) is 0 Å². The lowest BCUT2D eigenvalue weighted by Crippen LogP contribution is -2.26. The van der Waals surface area contributed by atoms with Gasteiger partial charge in [-0.15, -0.1) is 0 Å². The maximum absolute atomic E-state index is 12.3. The van der Waals surface area contributed by atoms with Crippen LogP contribution in [0.2, 0.25) is 0 Å². The van der Waals surface area contributed by atoms with Crippen molar-refractivity contribution in [2.24, 2.45) is 5.92 Å². The molecular weight excluding hydrogens is 197 g/mol. The van der Waals surface area contributed by atoms with Crippen molar-refractivity contribution in [2.75, 3.05) is 0 Å². The van der Waals surface area contributed by atoms with E-state index < -0.39 is 18.1 Å². The molecule has 0 aromatic heterocycles. The third-order valence-corrected chi connectivity index (χ3v) is 2.35. The van der Waals surface area contributed by atoms with Crippen molar-refractivity contribution in [1.29, 1.82) is 0 Å². The second-order valence-electron chi connectivity index (χ2n) is 3.48. The Morgan fingerprint density at radius 3 is 2.64 bits per heavy atom. The third-order valence-electron chi connectivity index (χ3n) is 2.35. The van der Waals surface area contributed by atoms with Gasteiger partial charge in [0.15, 0.2) is 0 Å². The molecule has 0 saturated heterocycles. The fourth-order valence-electron chi connectivity index (χ4n) is 1.68. The second kappa shape index (κ2) is 4.02. The van der Waals surface area contributed by atoms with Crippen LogP contribution in [0.5, 0.6) is 0 Å². The number of hydrogen-bond donors (Lipinski definition) is 1. The van der Waals surface area contributed by atoms with Crippen LogP contribution in [0, 0.1) is 5.92 Å². The molecule has 0 spiro atoms. The van der Waals surface area contributed by atoms with Crippen molar-refractivity contribution in [3.63, 3.8) is 0 Å². The number of carboxylic acid groups (broad SMARTS) is 1. The summed E-state index contributed by atoms with van der Waals surface area (Å²) < 4.78 is 36.8. The zero-order valence-electron chi connectivity index (χ0n) is 7.47. The summed E-state index contributed by atoms with van der Waals surface area (Å²) in [4.78, 5) is 10.3. The lowest BCUT2D eigenvalue weighted by atomic mass is 9.85. The van der Waals surface area contributed by atoms with E-state index in [4.69, 9.17) is 5.11 Å². The average molecular weight is 208 g/mol. The molecular formula is C9H11F3O2. The van der Waals surface area contributed by atoms with Crippen LogP contribution in [0.4, 0.5) is 13.2 Å². The van der Waals surface area contributed by atoms with Gasteiger partial charge < -0.3 is 5.11 Å². The number of carboxylic acids is 1. The van der Waals surface area contributed by atoms with E-state index in [0.29, 0.717) is 18.4 Å². The molecule has 0 aromatic carbocycles. The molecule has 1 saturated carbocycles. The average Bonchev–Trinajstić information content (AvgIpc) is 2.01. The maximum atomic E-state index is 12.3. The number of allylic oxidation sites excluding steroid dienone is 1. The van der Waals surface area contributed by atoms with Gasteiger partial charge in [-0.3, -0.25) is 0 Å². The first-order valence-electron chi connectivity index (χ1n) is 4.38. The zero-order valence-corrected chi connectivity index (χ0v) is 7.47. The fourth-order valence-corrected chi connectivity index (χ4v) is 1.68. The summed E-state index contributed by atoms with van der Waals surface area (Å²) in [6.07, 6.45) is -2.45. The highest BCUT2D eigenvalue weighted by Crippen LogP contribution is 2.39. The summed E-state index contributed by atoms with van der Waals surface area (Å²) in [7, 11) is 0. The summed E-state index contributed by atoms with van der Waals surface area (Å²) in [5, 5.41) is 8.40. The summed E-state index contributed by atoms with van der Waals surface area (Å²) in [6.45, 7) is 0. The molecule has 0 aliphatic heterocycles. The highest BCUT2D eigenvalue weighted by molar-refractivity contribution is 5.80. The predicted molar refractivity (Wildman–Crippen MR) is 43.7 cm³/mol. The normalized spacial score (nSPS) is 26.5. The van der Waals surface area contributed by atoms with Crippen molar-refractivity contribution >= 4 is 5.97 Å². The van der Waals surface area contributed by atoms with Gasteiger partial charge >= 0.3 is 12.1 Å². The van der Waals surface area contributed by atoms with Gasteiger partial charge in [-0.25, -0.2) is 4.79 Å². The SMILES string of the molecule is O=C(O)C=C1CCCC(C(F)(F)F)C1. The van der Waals surface area contributed by atoms with Gasteiger partial charge in [0.2, 0.25) is 0 Å². The molecule has 0 aromatic rings. The molecule has 0 bridgehead atoms. The van der Waals surface area contributed by atoms with Gasteiger partial charge in [0, 0.05) is 6.08 Å². The second-order valence-corrected chi connectivity index (χ2v) is 3.48. The van der Waals surface area contributed by atoms with E-state index in [9.17, 15) is 18.0 Å². The molecule has 14 heavy (non-hydrogen) atoms. The molecule has 0 radical (unpaired) electrons. The van der Waals surface area contributed by atoms with E-state index >= 15 is 0 Å². The molecule has 1 unspecified atom stereocenters. The van der Waals surface area contributed by atoms with E-state index in [1.54, 1.807) is 0 Å². The third kappa shape index (κ3) is 3.05. The number of aliphatic carboxylic acids is 1. The van der Waals surface area contributed by atoms with E-state index in [1.807, 2.05) is 0 Å². The van der Waals surface area contributed by atoms with Crippen LogP contribution in [0.15, 0.2) is 11.6 Å². The van der Waals surface area contributed by atoms with Crippen LogP contribution >= 0.6 is 0 Å². The van der Waals surface area contributed by atoms with Gasteiger partial charge in [0.25, 0.3) is 0 Å². The zero-order chi connectivity index (χ0) is 10.8. The number of rotatable bonds is 1. The Kier molecular flexibility index (Phi) is 3.18. The van der Waals surface area contributed by atoms with Crippen molar-refractivity contribution in [3.05, 3.63) is 11.6 Å². The Labute approximate surface area is 79.4 Å². The minimum atomic E-state index is -4.20. The monoisotopic (exact) mass is 208 g/mol. The maximum Gasteiger partial charge on any atom is 0.392 e. The topological polar surface area (TPSA) is 37.3 Å². The molecule has 1 aliphatic carbocycles. The molecule has 0 amide bonds. The number of halogens is 3. The minimum Gasteiger partial charge on any atom is -0.478 e. The predicted octanol–water partition coefficient (Wildman–Crippen LogP) is 2.75. The Hall–Kier alpha value is -1.00. The van der Waals surface area contributed by atoms with Crippen LogP contribution < -0.4 is 0 Å². The number of carbonyl (C=O) groups is 1. The summed E-state index contributed by atoms with van der Waals surface area (Å²) >= 11 is 0. The van der Waals surface area contributed by atoms with E-state index in [0.717, 1.165) is 6.08 Å². The lowest BCUT2D eigenvalue weighted by molar-refractivity contribution is -0.178. The highest BCUT2D eigenvalue weighted by atomic mass is 19.4. The van der Waals surface area contributed by atoms with Crippen LogP contribution in [0.25, 0.3) is 0 Å². The van der Waals surface area contributed by atoms with Crippen molar-refractivity contribution in [3.8, 4) is 0 Å². The van der Waals surface area contributed by atoms with Crippen LogP contribution in [0.3, 0.4) is 0 Å². The Morgan fingerprint density at radius 2 is 2.14 bits per heavy atom. The largest absolute Gasteiger partial charge is 0.478 e. The number of alkyl halides is 3. The Balaban J connectivity index is 2.65. The first-order chi connectivity index (χ1) is 6.39. The fraction of sp³-hybridized carbons (Fsp3) is 0.667. The van der Waals surface area contributed by atoms with Gasteiger partial charge in [-0.1, -0.05) is 5.57 Å². The van der Waals surface area contributed by atoms with E-state index in [2.05, 4.69) is 0 Å². The highest BCUT2D eigenvalue weighted by Gasteiger charge is 2.40. The molecule has 80 valence electrons. The molecule has 1 N–H and O–H groups in total. The smallest absolute Gasteiger partial charge is 0.392 e. The molecule has 5 heteroatoms. The lowest BCUT2D eigenvalue weighted by Gasteiger charge is -2.25. The van der Waals surface area contributed by atoms with E-state index in [1.165, 1.54) is 0 Å². The van der Waals surface area contributed by atoms with Gasteiger partial charge in [-0.2, -0.15) is 13.2 Å². The van der Waals surface area contributed by atoms with Crippen LogP contribution in [0.1, 0.15) is 25.7 Å². The Morgan fingerprint density at radius 1 is 1.50 bits per heavy atom. The van der Waals surface area contributed by atoms with Gasteiger partial charge in [0.05, 0.1) is 5.92 Å². The first kappa shape index (κ1) is 11.1. The summed E-state index contributed by atoms with van der Waals surface area (Å²) in [6, 6.07) is 0.